The van der Waals surface area contributed by atoms with E-state index in [0.717, 1.165) is 5.56 Å². The highest BCUT2D eigenvalue weighted by Gasteiger charge is 2.22. The molecule has 2 N–H and O–H groups in total. The molecule has 1 aliphatic carbocycles. The summed E-state index contributed by atoms with van der Waals surface area (Å²) in [6, 6.07) is 7.54. The number of benzene rings is 1. The second-order valence-electron chi connectivity index (χ2n) is 5.66. The fourth-order valence-corrected chi connectivity index (χ4v) is 2.79. The van der Waals surface area contributed by atoms with Crippen LogP contribution in [-0.2, 0) is 0 Å². The van der Waals surface area contributed by atoms with E-state index < -0.39 is 0 Å². The standard InChI is InChI=1S/C18H23NO2/c1-14(16-7-2-3-8-16)19-18(21)17-11-9-15(10-12-17)6-4-5-13-20/h9-12,14,16,20H,2-3,5,7-8,13H2,1H3,(H,19,21). The number of carbonyl (C=O) groups excluding carboxylic acids is 1. The molecule has 0 spiro atoms. The van der Waals surface area contributed by atoms with Crippen LogP contribution in [0.3, 0.4) is 0 Å². The molecule has 0 radical (unpaired) electrons. The van der Waals surface area contributed by atoms with Gasteiger partial charge in [0.1, 0.15) is 0 Å². The molecule has 1 amide bonds. The lowest BCUT2D eigenvalue weighted by molar-refractivity contribution is 0.0927. The average molecular weight is 285 g/mol. The summed E-state index contributed by atoms with van der Waals surface area (Å²) in [7, 11) is 0. The van der Waals surface area contributed by atoms with Crippen molar-refractivity contribution in [3.63, 3.8) is 0 Å². The van der Waals surface area contributed by atoms with Gasteiger partial charge in [0.2, 0.25) is 0 Å². The third-order valence-electron chi connectivity index (χ3n) is 4.08. The van der Waals surface area contributed by atoms with Gasteiger partial charge >= 0.3 is 0 Å². The van der Waals surface area contributed by atoms with E-state index in [-0.39, 0.29) is 18.6 Å². The lowest BCUT2D eigenvalue weighted by atomic mass is 9.99. The third kappa shape index (κ3) is 4.61. The minimum absolute atomic E-state index is 0.00994. The van der Waals surface area contributed by atoms with Gasteiger partial charge in [-0.15, -0.1) is 0 Å². The van der Waals surface area contributed by atoms with Crippen LogP contribution in [0.2, 0.25) is 0 Å². The van der Waals surface area contributed by atoms with Gasteiger partial charge in [0.05, 0.1) is 6.61 Å². The van der Waals surface area contributed by atoms with Crippen molar-refractivity contribution in [3.8, 4) is 11.8 Å². The lowest BCUT2D eigenvalue weighted by Crippen LogP contribution is -2.37. The van der Waals surface area contributed by atoms with Crippen LogP contribution in [-0.4, -0.2) is 23.7 Å². The maximum absolute atomic E-state index is 12.2. The van der Waals surface area contributed by atoms with E-state index in [1.54, 1.807) is 12.1 Å². The van der Waals surface area contributed by atoms with Gasteiger partial charge in [-0.25, -0.2) is 0 Å². The summed E-state index contributed by atoms with van der Waals surface area (Å²) in [4.78, 5) is 12.2. The van der Waals surface area contributed by atoms with Gasteiger partial charge in [-0.3, -0.25) is 4.79 Å². The Hall–Kier alpha value is -1.79. The minimum atomic E-state index is -0.00994. The summed E-state index contributed by atoms with van der Waals surface area (Å²) in [5.74, 6) is 6.44. The predicted molar refractivity (Wildman–Crippen MR) is 83.9 cm³/mol. The molecule has 21 heavy (non-hydrogen) atoms. The van der Waals surface area contributed by atoms with E-state index in [0.29, 0.717) is 17.9 Å². The highest BCUT2D eigenvalue weighted by molar-refractivity contribution is 5.94. The summed E-state index contributed by atoms with van der Waals surface area (Å²) in [6.07, 6.45) is 5.49. The topological polar surface area (TPSA) is 49.3 Å². The Labute approximate surface area is 126 Å². The van der Waals surface area contributed by atoms with Gasteiger partial charge < -0.3 is 10.4 Å². The summed E-state index contributed by atoms with van der Waals surface area (Å²) in [6.45, 7) is 2.18. The molecule has 112 valence electrons. The number of aliphatic hydroxyl groups excluding tert-OH is 1. The largest absolute Gasteiger partial charge is 0.395 e. The Kier molecular flexibility index (Phi) is 5.83. The van der Waals surface area contributed by atoms with Crippen LogP contribution >= 0.6 is 0 Å². The quantitative estimate of drug-likeness (QED) is 0.836. The van der Waals surface area contributed by atoms with Crippen molar-refractivity contribution in [1.82, 2.24) is 5.32 Å². The van der Waals surface area contributed by atoms with Gasteiger partial charge in [-0.05, 0) is 49.9 Å². The molecule has 2 rings (SSSR count). The summed E-state index contributed by atoms with van der Waals surface area (Å²) >= 11 is 0. The summed E-state index contributed by atoms with van der Waals surface area (Å²) in [5.41, 5.74) is 1.54. The number of carbonyl (C=O) groups is 1. The average Bonchev–Trinajstić information content (AvgIpc) is 3.02. The molecule has 0 aliphatic heterocycles. The van der Waals surface area contributed by atoms with E-state index in [1.807, 2.05) is 12.1 Å². The molecule has 0 heterocycles. The van der Waals surface area contributed by atoms with Gasteiger partial charge in [0, 0.05) is 23.6 Å². The van der Waals surface area contributed by atoms with E-state index in [1.165, 1.54) is 25.7 Å². The molecule has 1 aliphatic rings. The highest BCUT2D eigenvalue weighted by atomic mass is 16.2. The normalized spacial score (nSPS) is 16.1. The number of amides is 1. The molecule has 0 bridgehead atoms. The Morgan fingerprint density at radius 2 is 2.00 bits per heavy atom. The third-order valence-corrected chi connectivity index (χ3v) is 4.08. The summed E-state index contributed by atoms with van der Waals surface area (Å²) < 4.78 is 0. The molecule has 0 aromatic heterocycles. The van der Waals surface area contributed by atoms with Crippen molar-refractivity contribution in [3.05, 3.63) is 35.4 Å². The van der Waals surface area contributed by atoms with Crippen LogP contribution in [0.15, 0.2) is 24.3 Å². The van der Waals surface area contributed by atoms with E-state index in [4.69, 9.17) is 5.11 Å². The van der Waals surface area contributed by atoms with Crippen LogP contribution in [0.5, 0.6) is 0 Å². The first kappa shape index (κ1) is 15.6. The van der Waals surface area contributed by atoms with Crippen LogP contribution < -0.4 is 5.32 Å². The molecule has 0 saturated heterocycles. The minimum Gasteiger partial charge on any atom is -0.395 e. The Morgan fingerprint density at radius 3 is 2.62 bits per heavy atom. The van der Waals surface area contributed by atoms with Crippen molar-refractivity contribution in [2.24, 2.45) is 5.92 Å². The van der Waals surface area contributed by atoms with Crippen molar-refractivity contribution in [1.29, 1.82) is 0 Å². The number of hydrogen-bond acceptors (Lipinski definition) is 2. The summed E-state index contributed by atoms with van der Waals surface area (Å²) in [5, 5.41) is 11.8. The Morgan fingerprint density at radius 1 is 1.33 bits per heavy atom. The first-order valence-electron chi connectivity index (χ1n) is 7.71. The molecular formula is C18H23NO2. The molecule has 1 fully saturated rings. The molecule has 3 heteroatoms. The van der Waals surface area contributed by atoms with Gasteiger partial charge in [0.15, 0.2) is 0 Å². The van der Waals surface area contributed by atoms with E-state index in [2.05, 4.69) is 24.1 Å². The maximum Gasteiger partial charge on any atom is 0.251 e. The molecule has 1 unspecified atom stereocenters. The van der Waals surface area contributed by atoms with Crippen molar-refractivity contribution in [2.45, 2.75) is 45.1 Å². The number of rotatable bonds is 4. The molecule has 1 aromatic rings. The van der Waals surface area contributed by atoms with Gasteiger partial charge in [-0.2, -0.15) is 0 Å². The van der Waals surface area contributed by atoms with Gasteiger partial charge in [0.25, 0.3) is 5.91 Å². The van der Waals surface area contributed by atoms with Crippen LogP contribution in [0.4, 0.5) is 0 Å². The SMILES string of the molecule is CC(NC(=O)c1ccc(C#CCCO)cc1)C1CCCC1. The molecule has 1 aromatic carbocycles. The highest BCUT2D eigenvalue weighted by Crippen LogP contribution is 2.27. The van der Waals surface area contributed by atoms with Crippen molar-refractivity contribution in [2.75, 3.05) is 6.61 Å². The molecular weight excluding hydrogens is 262 g/mol. The fraction of sp³-hybridized carbons (Fsp3) is 0.500. The number of aliphatic hydroxyl groups is 1. The zero-order valence-electron chi connectivity index (χ0n) is 12.6. The van der Waals surface area contributed by atoms with Crippen molar-refractivity contribution >= 4 is 5.91 Å². The Bertz CT molecular complexity index is 518. The fourth-order valence-electron chi connectivity index (χ4n) is 2.79. The second kappa shape index (κ2) is 7.85. The monoisotopic (exact) mass is 285 g/mol. The molecule has 3 nitrogen and oxygen atoms in total. The first-order chi connectivity index (χ1) is 10.2. The number of hydrogen-bond donors (Lipinski definition) is 2. The van der Waals surface area contributed by atoms with E-state index >= 15 is 0 Å². The maximum atomic E-state index is 12.2. The van der Waals surface area contributed by atoms with Crippen molar-refractivity contribution < 1.29 is 9.90 Å². The van der Waals surface area contributed by atoms with Crippen LogP contribution in [0.25, 0.3) is 0 Å². The van der Waals surface area contributed by atoms with Crippen LogP contribution in [0.1, 0.15) is 54.9 Å². The Balaban J connectivity index is 1.92. The second-order valence-corrected chi connectivity index (χ2v) is 5.66. The smallest absolute Gasteiger partial charge is 0.251 e. The molecule has 1 atom stereocenters. The zero-order chi connectivity index (χ0) is 15.1. The van der Waals surface area contributed by atoms with E-state index in [9.17, 15) is 4.79 Å². The zero-order valence-corrected chi connectivity index (χ0v) is 12.6. The first-order valence-corrected chi connectivity index (χ1v) is 7.71. The number of nitrogens with one attached hydrogen (secondary N) is 1. The van der Waals surface area contributed by atoms with Crippen LogP contribution in [0, 0.1) is 17.8 Å². The van der Waals surface area contributed by atoms with Gasteiger partial charge in [-0.1, -0.05) is 24.7 Å². The molecule has 1 saturated carbocycles. The lowest BCUT2D eigenvalue weighted by Gasteiger charge is -2.20. The predicted octanol–water partition coefficient (Wildman–Crippen LogP) is 2.73.